The van der Waals surface area contributed by atoms with E-state index in [0.717, 1.165) is 0 Å². The maximum absolute atomic E-state index is 12.2. The smallest absolute Gasteiger partial charge is 0.328 e. The number of halogens is 2. The van der Waals surface area contributed by atoms with Crippen LogP contribution in [0, 0.1) is 0 Å². The van der Waals surface area contributed by atoms with E-state index in [1.807, 2.05) is 0 Å². The number of fused-ring (bicyclic) bond motifs is 1. The molecule has 0 saturated carbocycles. The van der Waals surface area contributed by atoms with Gasteiger partial charge in [0.05, 0.1) is 15.5 Å². The van der Waals surface area contributed by atoms with Crippen molar-refractivity contribution in [3.05, 3.63) is 0 Å². The van der Waals surface area contributed by atoms with Crippen LogP contribution in [0.2, 0.25) is 0 Å². The van der Waals surface area contributed by atoms with Crippen molar-refractivity contribution in [2.75, 3.05) is 0 Å². The van der Waals surface area contributed by atoms with Gasteiger partial charge in [-0.05, 0) is 13.8 Å². The first-order valence-electron chi connectivity index (χ1n) is 4.47. The Morgan fingerprint density at radius 3 is 2.44 bits per heavy atom. The molecule has 0 spiro atoms. The molecule has 2 saturated heterocycles. The third kappa shape index (κ3) is 1.23. The van der Waals surface area contributed by atoms with Crippen LogP contribution < -0.4 is 0 Å². The quantitative estimate of drug-likeness (QED) is 0.539. The normalized spacial score (nSPS) is 39.1. The van der Waals surface area contributed by atoms with Crippen LogP contribution in [0.25, 0.3) is 0 Å². The lowest BCUT2D eigenvalue weighted by Crippen LogP contribution is -2.69. The Hall–Kier alpha value is 0.0500. The molecule has 2 aliphatic heterocycles. The molecule has 1 amide bonds. The third-order valence-electron chi connectivity index (χ3n) is 2.97. The number of carbonyl (C=O) groups excluding carboxylic acids is 1. The maximum atomic E-state index is 12.2. The van der Waals surface area contributed by atoms with E-state index in [1.54, 1.807) is 13.8 Å². The Bertz CT molecular complexity index is 422. The summed E-state index contributed by atoms with van der Waals surface area (Å²) < 4.78 is 10.1. The first-order valence-corrected chi connectivity index (χ1v) is 7.27. The minimum absolute atomic E-state index is 0.385. The molecule has 16 heavy (non-hydrogen) atoms. The standard InChI is InChI=1S/C8H9Br2NO4S/c1-7(2)3(4(12)13)11-5(14)8(9,10)6(11)16(7)15/h3,6H,1-2H3,(H,12,13)/t3-,6+,16+/m0/s1. The highest BCUT2D eigenvalue weighted by molar-refractivity contribution is 9.26. The van der Waals surface area contributed by atoms with Crippen LogP contribution >= 0.6 is 31.9 Å². The fourth-order valence-electron chi connectivity index (χ4n) is 2.13. The van der Waals surface area contributed by atoms with Gasteiger partial charge in [0.1, 0.15) is 11.4 Å². The number of hydrogen-bond donors (Lipinski definition) is 1. The minimum atomic E-state index is -1.43. The van der Waals surface area contributed by atoms with Gasteiger partial charge in [-0.2, -0.15) is 0 Å². The molecule has 0 aromatic heterocycles. The molecular weight excluding hydrogens is 366 g/mol. The highest BCUT2D eigenvalue weighted by Gasteiger charge is 2.73. The van der Waals surface area contributed by atoms with Crippen LogP contribution in [-0.4, -0.2) is 45.5 Å². The second-order valence-corrected chi connectivity index (χ2v) is 9.99. The van der Waals surface area contributed by atoms with Crippen molar-refractivity contribution in [2.24, 2.45) is 0 Å². The van der Waals surface area contributed by atoms with Gasteiger partial charge in [0.15, 0.2) is 3.23 Å². The van der Waals surface area contributed by atoms with Crippen LogP contribution in [0.5, 0.6) is 0 Å². The molecule has 2 aliphatic rings. The summed E-state index contributed by atoms with van der Waals surface area (Å²) in [5.74, 6) is -1.51. The highest BCUT2D eigenvalue weighted by Crippen LogP contribution is 2.54. The Kier molecular flexibility index (Phi) is 2.57. The van der Waals surface area contributed by atoms with E-state index >= 15 is 0 Å². The van der Waals surface area contributed by atoms with E-state index in [9.17, 15) is 13.8 Å². The Morgan fingerprint density at radius 1 is 1.50 bits per heavy atom. The monoisotopic (exact) mass is 373 g/mol. The van der Waals surface area contributed by atoms with Crippen molar-refractivity contribution >= 4 is 54.5 Å². The van der Waals surface area contributed by atoms with Crippen LogP contribution in [0.3, 0.4) is 0 Å². The highest BCUT2D eigenvalue weighted by atomic mass is 79.9. The van der Waals surface area contributed by atoms with E-state index in [2.05, 4.69) is 31.9 Å². The number of carbonyl (C=O) groups is 2. The van der Waals surface area contributed by atoms with Crippen LogP contribution in [0.4, 0.5) is 0 Å². The molecule has 0 bridgehead atoms. The molecule has 1 N–H and O–H groups in total. The van der Waals surface area contributed by atoms with E-state index in [4.69, 9.17) is 5.11 Å². The Morgan fingerprint density at radius 2 is 2.00 bits per heavy atom. The van der Waals surface area contributed by atoms with Crippen LogP contribution in [0.1, 0.15) is 13.8 Å². The molecule has 0 unspecified atom stereocenters. The molecule has 8 heteroatoms. The molecule has 3 atom stereocenters. The third-order valence-corrected chi connectivity index (χ3v) is 7.37. The fraction of sp³-hybridized carbons (Fsp3) is 0.750. The Balaban J connectivity index is 2.50. The summed E-state index contributed by atoms with van der Waals surface area (Å²) >= 11 is 6.29. The summed E-state index contributed by atoms with van der Waals surface area (Å²) in [6.45, 7) is 3.20. The lowest BCUT2D eigenvalue weighted by Gasteiger charge is -2.45. The van der Waals surface area contributed by atoms with Gasteiger partial charge in [-0.1, -0.05) is 31.9 Å². The van der Waals surface area contributed by atoms with Gasteiger partial charge in [0, 0.05) is 0 Å². The molecule has 5 nitrogen and oxygen atoms in total. The van der Waals surface area contributed by atoms with E-state index in [-0.39, 0.29) is 5.91 Å². The van der Waals surface area contributed by atoms with Crippen molar-refractivity contribution in [3.8, 4) is 0 Å². The zero-order chi connectivity index (χ0) is 12.5. The molecule has 2 rings (SSSR count). The molecule has 0 aromatic carbocycles. The van der Waals surface area contributed by atoms with Gasteiger partial charge < -0.3 is 10.0 Å². The summed E-state index contributed by atoms with van der Waals surface area (Å²) in [6, 6.07) is -1.03. The van der Waals surface area contributed by atoms with Gasteiger partial charge in [-0.15, -0.1) is 0 Å². The molecule has 0 aliphatic carbocycles. The number of hydrogen-bond acceptors (Lipinski definition) is 3. The molecular formula is C8H9Br2NO4S. The summed E-state index contributed by atoms with van der Waals surface area (Å²) in [5, 5.41) is 8.49. The Labute approximate surface area is 111 Å². The van der Waals surface area contributed by atoms with Crippen molar-refractivity contribution in [2.45, 2.75) is 33.2 Å². The zero-order valence-corrected chi connectivity index (χ0v) is 12.4. The first kappa shape index (κ1) is 12.5. The molecule has 2 fully saturated rings. The van der Waals surface area contributed by atoms with Gasteiger partial charge >= 0.3 is 5.97 Å². The average molecular weight is 375 g/mol. The second kappa shape index (κ2) is 3.29. The van der Waals surface area contributed by atoms with Crippen LogP contribution in [0.15, 0.2) is 0 Å². The van der Waals surface area contributed by atoms with Gasteiger partial charge in [0.2, 0.25) is 0 Å². The van der Waals surface area contributed by atoms with Crippen molar-refractivity contribution in [3.63, 3.8) is 0 Å². The molecule has 2 heterocycles. The molecule has 90 valence electrons. The molecule has 0 radical (unpaired) electrons. The number of rotatable bonds is 1. The number of carboxylic acid groups (broad SMARTS) is 1. The van der Waals surface area contributed by atoms with E-state index in [1.165, 1.54) is 4.90 Å². The first-order chi connectivity index (χ1) is 7.13. The predicted octanol–water partition coefficient (Wildman–Crippen LogP) is 0.635. The summed E-state index contributed by atoms with van der Waals surface area (Å²) in [5.41, 5.74) is 0. The van der Waals surface area contributed by atoms with E-state index < -0.39 is 36.2 Å². The number of carboxylic acids is 1. The van der Waals surface area contributed by atoms with Gasteiger partial charge in [0.25, 0.3) is 5.91 Å². The minimum Gasteiger partial charge on any atom is -0.480 e. The largest absolute Gasteiger partial charge is 0.480 e. The van der Waals surface area contributed by atoms with Crippen molar-refractivity contribution in [1.82, 2.24) is 4.90 Å². The average Bonchev–Trinajstić information content (AvgIpc) is 2.33. The maximum Gasteiger partial charge on any atom is 0.328 e. The lowest BCUT2D eigenvalue weighted by atomic mass is 9.98. The topological polar surface area (TPSA) is 74.7 Å². The van der Waals surface area contributed by atoms with Crippen LogP contribution in [-0.2, 0) is 20.4 Å². The number of β-lactam (4-membered cyclic amide) rings is 1. The zero-order valence-electron chi connectivity index (χ0n) is 8.44. The van der Waals surface area contributed by atoms with Crippen molar-refractivity contribution < 1.29 is 18.9 Å². The second-order valence-electron chi connectivity index (χ2n) is 4.33. The van der Waals surface area contributed by atoms with E-state index in [0.29, 0.717) is 0 Å². The number of aliphatic carboxylic acids is 1. The molecule has 0 aromatic rings. The summed E-state index contributed by atoms with van der Waals surface area (Å²) in [4.78, 5) is 24.1. The summed E-state index contributed by atoms with van der Waals surface area (Å²) in [7, 11) is -1.43. The number of nitrogens with zero attached hydrogens (tertiary/aromatic N) is 1. The number of amides is 1. The predicted molar refractivity (Wildman–Crippen MR) is 64.9 cm³/mol. The SMILES string of the molecule is CC1(C)[C@H](C(=O)O)N2C(=O)C(Br)(Br)[C@H]2[S@]1=O. The number of alkyl halides is 2. The lowest BCUT2D eigenvalue weighted by molar-refractivity contribution is -0.157. The van der Waals surface area contributed by atoms with Gasteiger partial charge in [-0.25, -0.2) is 4.79 Å². The summed E-state index contributed by atoms with van der Waals surface area (Å²) in [6.07, 6.45) is 0. The van der Waals surface area contributed by atoms with Gasteiger partial charge in [-0.3, -0.25) is 9.00 Å². The van der Waals surface area contributed by atoms with Crippen molar-refractivity contribution in [1.29, 1.82) is 0 Å². The fourth-order valence-corrected chi connectivity index (χ4v) is 5.80.